The second kappa shape index (κ2) is 5.26. The average molecular weight is 281 g/mol. The fourth-order valence-corrected chi connectivity index (χ4v) is 2.14. The summed E-state index contributed by atoms with van der Waals surface area (Å²) in [7, 11) is 0. The molecular weight excluding hydrogens is 262 g/mol. The number of rotatable bonds is 3. The summed E-state index contributed by atoms with van der Waals surface area (Å²) in [5.41, 5.74) is 3.07. The van der Waals surface area contributed by atoms with Crippen LogP contribution in [-0.4, -0.2) is 25.5 Å². The highest BCUT2D eigenvalue weighted by molar-refractivity contribution is 5.80. The van der Waals surface area contributed by atoms with Gasteiger partial charge >= 0.3 is 0 Å². The van der Waals surface area contributed by atoms with Gasteiger partial charge in [-0.25, -0.2) is 4.68 Å². The van der Waals surface area contributed by atoms with E-state index in [9.17, 15) is 0 Å². The standard InChI is InChI=1S/C16H19N5/c1-16(2,3)18-10-14-11-19-20-21(14)13-6-7-15-12(9-13)5-4-8-17-15/h4-9,11,18H,10H2,1-3H3. The van der Waals surface area contributed by atoms with Crippen LogP contribution in [0.4, 0.5) is 0 Å². The molecule has 5 nitrogen and oxygen atoms in total. The molecule has 0 fully saturated rings. The van der Waals surface area contributed by atoms with E-state index in [2.05, 4.69) is 53.5 Å². The highest BCUT2D eigenvalue weighted by Gasteiger charge is 2.12. The molecule has 3 rings (SSSR count). The van der Waals surface area contributed by atoms with E-state index in [1.165, 1.54) is 0 Å². The maximum absolute atomic E-state index is 4.34. The van der Waals surface area contributed by atoms with Crippen LogP contribution in [0.15, 0.2) is 42.7 Å². The molecule has 0 aliphatic carbocycles. The second-order valence-corrected chi connectivity index (χ2v) is 6.12. The predicted octanol–water partition coefficient (Wildman–Crippen LogP) is 2.70. The van der Waals surface area contributed by atoms with Gasteiger partial charge in [0, 0.05) is 23.7 Å². The number of hydrogen-bond acceptors (Lipinski definition) is 4. The maximum atomic E-state index is 4.34. The molecule has 2 heterocycles. The highest BCUT2D eigenvalue weighted by Crippen LogP contribution is 2.17. The van der Waals surface area contributed by atoms with E-state index >= 15 is 0 Å². The Kier molecular flexibility index (Phi) is 3.43. The first-order valence-electron chi connectivity index (χ1n) is 7.03. The van der Waals surface area contributed by atoms with Gasteiger partial charge in [0.25, 0.3) is 0 Å². The van der Waals surface area contributed by atoms with Crippen LogP contribution in [0.2, 0.25) is 0 Å². The lowest BCUT2D eigenvalue weighted by Gasteiger charge is -2.20. The third-order valence-corrected chi connectivity index (χ3v) is 3.25. The van der Waals surface area contributed by atoms with Crippen LogP contribution >= 0.6 is 0 Å². The normalized spacial score (nSPS) is 12.0. The van der Waals surface area contributed by atoms with Crippen molar-refractivity contribution in [1.82, 2.24) is 25.3 Å². The fourth-order valence-electron chi connectivity index (χ4n) is 2.14. The lowest BCUT2D eigenvalue weighted by atomic mass is 10.1. The smallest absolute Gasteiger partial charge is 0.0783 e. The van der Waals surface area contributed by atoms with Gasteiger partial charge in [-0.15, -0.1) is 5.10 Å². The Bertz CT molecular complexity index is 754. The van der Waals surface area contributed by atoms with Crippen molar-refractivity contribution < 1.29 is 0 Å². The number of fused-ring (bicyclic) bond motifs is 1. The lowest BCUT2D eigenvalue weighted by molar-refractivity contribution is 0.418. The highest BCUT2D eigenvalue weighted by atomic mass is 15.4. The van der Waals surface area contributed by atoms with Crippen LogP contribution in [-0.2, 0) is 6.54 Å². The third kappa shape index (κ3) is 3.08. The number of nitrogens with one attached hydrogen (secondary N) is 1. The molecule has 21 heavy (non-hydrogen) atoms. The topological polar surface area (TPSA) is 55.6 Å². The SMILES string of the molecule is CC(C)(C)NCc1cnnn1-c1ccc2ncccc2c1. The zero-order valence-electron chi connectivity index (χ0n) is 12.5. The molecule has 3 aromatic rings. The molecule has 0 aliphatic rings. The first kappa shape index (κ1) is 13.7. The molecule has 0 saturated carbocycles. The molecule has 0 atom stereocenters. The van der Waals surface area contributed by atoms with Gasteiger partial charge in [-0.2, -0.15) is 0 Å². The van der Waals surface area contributed by atoms with Crippen molar-refractivity contribution in [3.05, 3.63) is 48.4 Å². The van der Waals surface area contributed by atoms with E-state index < -0.39 is 0 Å². The van der Waals surface area contributed by atoms with Crippen LogP contribution < -0.4 is 5.32 Å². The van der Waals surface area contributed by atoms with Crippen molar-refractivity contribution in [3.63, 3.8) is 0 Å². The average Bonchev–Trinajstić information content (AvgIpc) is 2.92. The van der Waals surface area contributed by atoms with Gasteiger partial charge < -0.3 is 5.32 Å². The largest absolute Gasteiger partial charge is 0.306 e. The summed E-state index contributed by atoms with van der Waals surface area (Å²) < 4.78 is 1.87. The first-order chi connectivity index (χ1) is 10.0. The van der Waals surface area contributed by atoms with Crippen LogP contribution in [0.1, 0.15) is 26.5 Å². The van der Waals surface area contributed by atoms with Crippen LogP contribution in [0, 0.1) is 0 Å². The quantitative estimate of drug-likeness (QED) is 0.802. The Hall–Kier alpha value is -2.27. The van der Waals surface area contributed by atoms with Crippen molar-refractivity contribution in [1.29, 1.82) is 0 Å². The molecule has 0 amide bonds. The molecule has 0 bridgehead atoms. The number of nitrogens with zero attached hydrogens (tertiary/aromatic N) is 4. The Morgan fingerprint density at radius 2 is 2.05 bits per heavy atom. The number of aromatic nitrogens is 4. The molecule has 0 saturated heterocycles. The minimum absolute atomic E-state index is 0.0579. The number of benzene rings is 1. The molecule has 0 aliphatic heterocycles. The van der Waals surface area contributed by atoms with Gasteiger partial charge in [0.2, 0.25) is 0 Å². The van der Waals surface area contributed by atoms with Gasteiger partial charge in [-0.05, 0) is 45.0 Å². The van der Waals surface area contributed by atoms with E-state index in [0.29, 0.717) is 0 Å². The van der Waals surface area contributed by atoms with E-state index in [1.807, 2.05) is 22.9 Å². The van der Waals surface area contributed by atoms with Gasteiger partial charge in [0.1, 0.15) is 0 Å². The van der Waals surface area contributed by atoms with Crippen LogP contribution in [0.25, 0.3) is 16.6 Å². The van der Waals surface area contributed by atoms with Crippen molar-refractivity contribution in [2.45, 2.75) is 32.9 Å². The van der Waals surface area contributed by atoms with Gasteiger partial charge in [-0.3, -0.25) is 4.98 Å². The summed E-state index contributed by atoms with van der Waals surface area (Å²) in [5.74, 6) is 0. The Morgan fingerprint density at radius 3 is 2.86 bits per heavy atom. The minimum atomic E-state index is 0.0579. The van der Waals surface area contributed by atoms with E-state index in [1.54, 1.807) is 12.4 Å². The molecule has 1 aromatic carbocycles. The molecule has 108 valence electrons. The van der Waals surface area contributed by atoms with Crippen molar-refractivity contribution in [2.24, 2.45) is 0 Å². The Balaban J connectivity index is 1.94. The summed E-state index contributed by atoms with van der Waals surface area (Å²) in [6.07, 6.45) is 3.60. The second-order valence-electron chi connectivity index (χ2n) is 6.12. The minimum Gasteiger partial charge on any atom is -0.306 e. The molecule has 5 heteroatoms. The first-order valence-corrected chi connectivity index (χ1v) is 7.03. The summed E-state index contributed by atoms with van der Waals surface area (Å²) in [4.78, 5) is 4.34. The molecular formula is C16H19N5. The molecule has 1 N–H and O–H groups in total. The summed E-state index contributed by atoms with van der Waals surface area (Å²) in [6.45, 7) is 7.15. The third-order valence-electron chi connectivity index (χ3n) is 3.25. The van der Waals surface area contributed by atoms with E-state index in [4.69, 9.17) is 0 Å². The predicted molar refractivity (Wildman–Crippen MR) is 83.3 cm³/mol. The lowest BCUT2D eigenvalue weighted by Crippen LogP contribution is -2.35. The molecule has 0 spiro atoms. The fraction of sp³-hybridized carbons (Fsp3) is 0.312. The van der Waals surface area contributed by atoms with Gasteiger partial charge in [0.05, 0.1) is 23.1 Å². The van der Waals surface area contributed by atoms with Crippen molar-refractivity contribution in [3.8, 4) is 5.69 Å². The summed E-state index contributed by atoms with van der Waals surface area (Å²) >= 11 is 0. The van der Waals surface area contributed by atoms with Gasteiger partial charge in [0.15, 0.2) is 0 Å². The number of hydrogen-bond donors (Lipinski definition) is 1. The zero-order chi connectivity index (χ0) is 14.9. The Labute approximate surface area is 124 Å². The maximum Gasteiger partial charge on any atom is 0.0783 e. The molecule has 0 unspecified atom stereocenters. The van der Waals surface area contributed by atoms with E-state index in [-0.39, 0.29) is 5.54 Å². The molecule has 2 aromatic heterocycles. The van der Waals surface area contributed by atoms with Crippen molar-refractivity contribution >= 4 is 10.9 Å². The van der Waals surface area contributed by atoms with Crippen LogP contribution in [0.3, 0.4) is 0 Å². The number of pyridine rings is 1. The van der Waals surface area contributed by atoms with Crippen molar-refractivity contribution in [2.75, 3.05) is 0 Å². The zero-order valence-corrected chi connectivity index (χ0v) is 12.5. The monoisotopic (exact) mass is 281 g/mol. The Morgan fingerprint density at radius 1 is 1.19 bits per heavy atom. The van der Waals surface area contributed by atoms with Gasteiger partial charge in [-0.1, -0.05) is 11.3 Å². The summed E-state index contributed by atoms with van der Waals surface area (Å²) in [5, 5.41) is 12.8. The van der Waals surface area contributed by atoms with E-state index in [0.717, 1.165) is 28.8 Å². The van der Waals surface area contributed by atoms with Crippen LogP contribution in [0.5, 0.6) is 0 Å². The summed E-state index contributed by atoms with van der Waals surface area (Å²) in [6, 6.07) is 10.1. The molecule has 0 radical (unpaired) electrons.